The lowest BCUT2D eigenvalue weighted by Crippen LogP contribution is -2.02. The van der Waals surface area contributed by atoms with Crippen molar-refractivity contribution in [3.8, 4) is 5.75 Å². The number of nitrogens with two attached hydrogens (primary N) is 1. The van der Waals surface area contributed by atoms with E-state index in [-0.39, 0.29) is 0 Å². The standard InChI is InChI=1S/C17H16ClNO2/c1-11-6-7-14(18)16(8-11)20-10-17-13(9-19)12-4-2-3-5-15(12)21-17/h2-8H,9-10,19H2,1H3. The average molecular weight is 302 g/mol. The van der Waals surface area contributed by atoms with Crippen molar-refractivity contribution < 1.29 is 9.15 Å². The topological polar surface area (TPSA) is 48.4 Å². The largest absolute Gasteiger partial charge is 0.484 e. The lowest BCUT2D eigenvalue weighted by atomic mass is 10.1. The van der Waals surface area contributed by atoms with Crippen LogP contribution in [0.25, 0.3) is 11.0 Å². The van der Waals surface area contributed by atoms with Crippen molar-refractivity contribution >= 4 is 22.6 Å². The van der Waals surface area contributed by atoms with Crippen LogP contribution in [0.5, 0.6) is 5.75 Å². The molecule has 3 aromatic rings. The number of furan rings is 1. The third-order valence-corrected chi connectivity index (χ3v) is 3.74. The molecule has 108 valence electrons. The molecule has 0 spiro atoms. The van der Waals surface area contributed by atoms with Crippen molar-refractivity contribution in [3.63, 3.8) is 0 Å². The monoisotopic (exact) mass is 301 g/mol. The summed E-state index contributed by atoms with van der Waals surface area (Å²) in [5.74, 6) is 1.40. The number of para-hydroxylation sites is 1. The predicted molar refractivity (Wildman–Crippen MR) is 84.6 cm³/mol. The Bertz CT molecular complexity index is 780. The first-order chi connectivity index (χ1) is 10.2. The quantitative estimate of drug-likeness (QED) is 0.775. The van der Waals surface area contributed by atoms with Gasteiger partial charge in [-0.1, -0.05) is 35.9 Å². The molecule has 0 fully saturated rings. The molecule has 3 rings (SSSR count). The molecule has 0 saturated carbocycles. The van der Waals surface area contributed by atoms with Crippen LogP contribution in [0.4, 0.5) is 0 Å². The van der Waals surface area contributed by atoms with Crippen LogP contribution in [0.3, 0.4) is 0 Å². The van der Waals surface area contributed by atoms with E-state index in [1.165, 1.54) is 0 Å². The molecule has 21 heavy (non-hydrogen) atoms. The molecule has 0 aliphatic heterocycles. The molecule has 0 atom stereocenters. The number of ether oxygens (including phenoxy) is 1. The average Bonchev–Trinajstić information content (AvgIpc) is 2.85. The number of fused-ring (bicyclic) bond motifs is 1. The molecule has 0 radical (unpaired) electrons. The molecule has 0 unspecified atom stereocenters. The summed E-state index contributed by atoms with van der Waals surface area (Å²) in [6.07, 6.45) is 0. The van der Waals surface area contributed by atoms with Gasteiger partial charge in [0.05, 0.1) is 5.02 Å². The van der Waals surface area contributed by atoms with E-state index in [1.807, 2.05) is 49.4 Å². The highest BCUT2D eigenvalue weighted by molar-refractivity contribution is 6.32. The van der Waals surface area contributed by atoms with Gasteiger partial charge in [0.1, 0.15) is 23.7 Å². The lowest BCUT2D eigenvalue weighted by Gasteiger charge is -2.08. The van der Waals surface area contributed by atoms with E-state index in [1.54, 1.807) is 0 Å². The second-order valence-electron chi connectivity index (χ2n) is 4.93. The van der Waals surface area contributed by atoms with Gasteiger partial charge in [0.25, 0.3) is 0 Å². The zero-order valence-electron chi connectivity index (χ0n) is 11.7. The first-order valence-corrected chi connectivity index (χ1v) is 7.15. The summed E-state index contributed by atoms with van der Waals surface area (Å²) in [6, 6.07) is 13.5. The minimum absolute atomic E-state index is 0.310. The smallest absolute Gasteiger partial charge is 0.147 e. The fourth-order valence-electron chi connectivity index (χ4n) is 2.35. The minimum atomic E-state index is 0.310. The highest BCUT2D eigenvalue weighted by Crippen LogP contribution is 2.29. The Labute approximate surface area is 128 Å². The fourth-order valence-corrected chi connectivity index (χ4v) is 2.53. The number of hydrogen-bond acceptors (Lipinski definition) is 3. The third kappa shape index (κ3) is 2.75. The Morgan fingerprint density at radius 1 is 1.19 bits per heavy atom. The number of aryl methyl sites for hydroxylation is 1. The molecule has 2 aromatic carbocycles. The summed E-state index contributed by atoms with van der Waals surface area (Å²) < 4.78 is 11.6. The van der Waals surface area contributed by atoms with E-state index in [9.17, 15) is 0 Å². The van der Waals surface area contributed by atoms with Gasteiger partial charge in [-0.3, -0.25) is 0 Å². The van der Waals surface area contributed by atoms with Crippen LogP contribution < -0.4 is 10.5 Å². The van der Waals surface area contributed by atoms with E-state index in [2.05, 4.69) is 0 Å². The summed E-state index contributed by atoms with van der Waals surface area (Å²) in [7, 11) is 0. The zero-order chi connectivity index (χ0) is 14.8. The van der Waals surface area contributed by atoms with Gasteiger partial charge < -0.3 is 14.9 Å². The normalized spacial score (nSPS) is 11.0. The highest BCUT2D eigenvalue weighted by Gasteiger charge is 2.13. The van der Waals surface area contributed by atoms with Crippen molar-refractivity contribution in [1.29, 1.82) is 0 Å². The minimum Gasteiger partial charge on any atom is -0.484 e. The summed E-state index contributed by atoms with van der Waals surface area (Å²) in [5, 5.41) is 1.62. The highest BCUT2D eigenvalue weighted by atomic mass is 35.5. The van der Waals surface area contributed by atoms with Gasteiger partial charge in [0, 0.05) is 17.5 Å². The summed E-state index contributed by atoms with van der Waals surface area (Å²) in [6.45, 7) is 2.72. The molecular weight excluding hydrogens is 286 g/mol. The van der Waals surface area contributed by atoms with Crippen molar-refractivity contribution in [1.82, 2.24) is 0 Å². The van der Waals surface area contributed by atoms with Crippen LogP contribution in [-0.2, 0) is 13.2 Å². The van der Waals surface area contributed by atoms with Gasteiger partial charge in [-0.2, -0.15) is 0 Å². The van der Waals surface area contributed by atoms with Gasteiger partial charge in [0.15, 0.2) is 0 Å². The van der Waals surface area contributed by atoms with Crippen molar-refractivity contribution in [2.75, 3.05) is 0 Å². The van der Waals surface area contributed by atoms with Crippen LogP contribution >= 0.6 is 11.6 Å². The zero-order valence-corrected chi connectivity index (χ0v) is 12.5. The summed E-state index contributed by atoms with van der Waals surface area (Å²) in [4.78, 5) is 0. The van der Waals surface area contributed by atoms with E-state index in [0.717, 1.165) is 27.9 Å². The van der Waals surface area contributed by atoms with Crippen LogP contribution in [0.15, 0.2) is 46.9 Å². The first kappa shape index (κ1) is 14.0. The molecule has 0 amide bonds. The number of hydrogen-bond donors (Lipinski definition) is 1. The molecule has 2 N–H and O–H groups in total. The van der Waals surface area contributed by atoms with E-state index < -0.39 is 0 Å². The summed E-state index contributed by atoms with van der Waals surface area (Å²) in [5.41, 5.74) is 8.74. The van der Waals surface area contributed by atoms with Crippen molar-refractivity contribution in [3.05, 3.63) is 64.4 Å². The Hall–Kier alpha value is -1.97. The van der Waals surface area contributed by atoms with Gasteiger partial charge in [0.2, 0.25) is 0 Å². The van der Waals surface area contributed by atoms with Gasteiger partial charge in [-0.25, -0.2) is 0 Å². The van der Waals surface area contributed by atoms with Crippen LogP contribution in [0.2, 0.25) is 5.02 Å². The molecule has 4 heteroatoms. The second-order valence-corrected chi connectivity index (χ2v) is 5.33. The van der Waals surface area contributed by atoms with E-state index in [4.69, 9.17) is 26.5 Å². The number of rotatable bonds is 4. The van der Waals surface area contributed by atoms with Crippen LogP contribution in [0, 0.1) is 6.92 Å². The Morgan fingerprint density at radius 3 is 2.81 bits per heavy atom. The van der Waals surface area contributed by atoms with Gasteiger partial charge in [-0.15, -0.1) is 0 Å². The first-order valence-electron chi connectivity index (χ1n) is 6.77. The van der Waals surface area contributed by atoms with Crippen molar-refractivity contribution in [2.45, 2.75) is 20.1 Å². The Balaban J connectivity index is 1.89. The van der Waals surface area contributed by atoms with Crippen molar-refractivity contribution in [2.24, 2.45) is 5.73 Å². The molecule has 0 bridgehead atoms. The SMILES string of the molecule is Cc1ccc(Cl)c(OCc2oc3ccccc3c2CN)c1. The molecule has 1 aromatic heterocycles. The molecule has 0 saturated heterocycles. The molecule has 1 heterocycles. The fraction of sp³-hybridized carbons (Fsp3) is 0.176. The maximum absolute atomic E-state index is 6.13. The molecule has 0 aliphatic rings. The third-order valence-electron chi connectivity index (χ3n) is 3.43. The summed E-state index contributed by atoms with van der Waals surface area (Å²) >= 11 is 6.13. The van der Waals surface area contributed by atoms with Gasteiger partial charge >= 0.3 is 0 Å². The second kappa shape index (κ2) is 5.80. The molecule has 3 nitrogen and oxygen atoms in total. The van der Waals surface area contributed by atoms with Crippen LogP contribution in [-0.4, -0.2) is 0 Å². The predicted octanol–water partition coefficient (Wildman–Crippen LogP) is 4.43. The Kier molecular flexibility index (Phi) is 3.86. The van der Waals surface area contributed by atoms with E-state index >= 15 is 0 Å². The Morgan fingerprint density at radius 2 is 2.00 bits per heavy atom. The molecular formula is C17H16ClNO2. The maximum Gasteiger partial charge on any atom is 0.147 e. The lowest BCUT2D eigenvalue weighted by molar-refractivity contribution is 0.272. The van der Waals surface area contributed by atoms with Gasteiger partial charge in [-0.05, 0) is 30.7 Å². The van der Waals surface area contributed by atoms with E-state index in [0.29, 0.717) is 23.9 Å². The number of benzene rings is 2. The van der Waals surface area contributed by atoms with Crippen LogP contribution in [0.1, 0.15) is 16.9 Å². The maximum atomic E-state index is 6.13. The number of halogens is 1. The molecule has 0 aliphatic carbocycles.